The summed E-state index contributed by atoms with van der Waals surface area (Å²) in [6.07, 6.45) is 0. The van der Waals surface area contributed by atoms with Gasteiger partial charge in [-0.3, -0.25) is 19.3 Å². The molecule has 3 aromatic rings. The molecule has 1 unspecified atom stereocenters. The first-order valence-electron chi connectivity index (χ1n) is 9.90. The zero-order valence-electron chi connectivity index (χ0n) is 16.7. The molecule has 30 heavy (non-hydrogen) atoms. The molecular weight excluding hydrogens is 376 g/mol. The molecule has 1 heterocycles. The number of carbonyl (C=O) groups is 3. The molecule has 4 rings (SSSR count). The zero-order valence-corrected chi connectivity index (χ0v) is 16.7. The Labute approximate surface area is 175 Å². The van der Waals surface area contributed by atoms with Crippen molar-refractivity contribution < 1.29 is 14.4 Å². The van der Waals surface area contributed by atoms with Gasteiger partial charge in [0.15, 0.2) is 0 Å². The predicted octanol–water partition coefficient (Wildman–Crippen LogP) is 3.90. The van der Waals surface area contributed by atoms with Crippen LogP contribution in [0.4, 0.5) is 0 Å². The van der Waals surface area contributed by atoms with Crippen molar-refractivity contribution in [2.24, 2.45) is 0 Å². The molecule has 1 aliphatic heterocycles. The van der Waals surface area contributed by atoms with E-state index in [9.17, 15) is 14.4 Å². The number of amides is 3. The first-order valence-corrected chi connectivity index (χ1v) is 9.90. The summed E-state index contributed by atoms with van der Waals surface area (Å²) in [4.78, 5) is 41.9. The molecule has 0 fully saturated rings. The highest BCUT2D eigenvalue weighted by Crippen LogP contribution is 2.25. The highest BCUT2D eigenvalue weighted by Gasteiger charge is 2.41. The van der Waals surface area contributed by atoms with E-state index in [1.807, 2.05) is 60.7 Å². The van der Waals surface area contributed by atoms with Crippen LogP contribution in [0.3, 0.4) is 0 Å². The van der Waals surface area contributed by atoms with E-state index in [4.69, 9.17) is 0 Å². The number of imide groups is 1. The van der Waals surface area contributed by atoms with Crippen LogP contribution >= 0.6 is 0 Å². The average molecular weight is 398 g/mol. The second-order valence-electron chi connectivity index (χ2n) is 7.37. The van der Waals surface area contributed by atoms with E-state index in [-0.39, 0.29) is 5.91 Å². The monoisotopic (exact) mass is 398 g/mol. The Morgan fingerprint density at radius 2 is 1.13 bits per heavy atom. The van der Waals surface area contributed by atoms with Crippen LogP contribution in [0.15, 0.2) is 84.9 Å². The maximum atomic E-state index is 13.5. The van der Waals surface area contributed by atoms with Crippen LogP contribution in [-0.4, -0.2) is 33.6 Å². The summed E-state index contributed by atoms with van der Waals surface area (Å²) >= 11 is 0. The van der Waals surface area contributed by atoms with E-state index in [2.05, 4.69) is 0 Å². The topological polar surface area (TPSA) is 57.7 Å². The van der Waals surface area contributed by atoms with Gasteiger partial charge in [0.05, 0.1) is 11.1 Å². The van der Waals surface area contributed by atoms with Gasteiger partial charge in [0, 0.05) is 13.1 Å². The first kappa shape index (κ1) is 19.6. The van der Waals surface area contributed by atoms with Gasteiger partial charge in [0.1, 0.15) is 6.04 Å². The van der Waals surface area contributed by atoms with Crippen LogP contribution < -0.4 is 0 Å². The van der Waals surface area contributed by atoms with Gasteiger partial charge in [-0.05, 0) is 30.2 Å². The number of benzene rings is 3. The predicted molar refractivity (Wildman–Crippen MR) is 114 cm³/mol. The molecular formula is C25H22N2O3. The molecule has 3 aromatic carbocycles. The average Bonchev–Trinajstić information content (AvgIpc) is 3.04. The van der Waals surface area contributed by atoms with E-state index in [0.717, 1.165) is 16.0 Å². The van der Waals surface area contributed by atoms with Crippen molar-refractivity contribution in [3.8, 4) is 0 Å². The van der Waals surface area contributed by atoms with Crippen LogP contribution in [0.2, 0.25) is 0 Å². The summed E-state index contributed by atoms with van der Waals surface area (Å²) in [5.74, 6) is -1.11. The smallest absolute Gasteiger partial charge is 0.262 e. The van der Waals surface area contributed by atoms with Crippen molar-refractivity contribution in [3.05, 3.63) is 107 Å². The lowest BCUT2D eigenvalue weighted by Gasteiger charge is -2.29. The van der Waals surface area contributed by atoms with Crippen molar-refractivity contribution >= 4 is 17.7 Å². The van der Waals surface area contributed by atoms with E-state index < -0.39 is 17.9 Å². The number of rotatable bonds is 6. The van der Waals surface area contributed by atoms with Crippen molar-refractivity contribution in [3.63, 3.8) is 0 Å². The third kappa shape index (κ3) is 3.74. The van der Waals surface area contributed by atoms with E-state index in [1.54, 1.807) is 36.1 Å². The van der Waals surface area contributed by atoms with E-state index >= 15 is 0 Å². The van der Waals surface area contributed by atoms with Gasteiger partial charge in [0.2, 0.25) is 5.91 Å². The molecule has 5 heteroatoms. The Balaban J connectivity index is 1.61. The minimum Gasteiger partial charge on any atom is -0.332 e. The van der Waals surface area contributed by atoms with Gasteiger partial charge in [-0.2, -0.15) is 0 Å². The zero-order chi connectivity index (χ0) is 21.1. The number of hydrogen-bond donors (Lipinski definition) is 0. The summed E-state index contributed by atoms with van der Waals surface area (Å²) in [5.41, 5.74) is 2.66. The summed E-state index contributed by atoms with van der Waals surface area (Å²) in [6, 6.07) is 25.2. The van der Waals surface area contributed by atoms with Crippen LogP contribution in [0.25, 0.3) is 0 Å². The maximum Gasteiger partial charge on any atom is 0.262 e. The van der Waals surface area contributed by atoms with Gasteiger partial charge in [-0.15, -0.1) is 0 Å². The molecule has 1 atom stereocenters. The number of hydrogen-bond acceptors (Lipinski definition) is 3. The van der Waals surface area contributed by atoms with Crippen LogP contribution in [0, 0.1) is 0 Å². The lowest BCUT2D eigenvalue weighted by atomic mass is 10.1. The van der Waals surface area contributed by atoms with Gasteiger partial charge < -0.3 is 4.90 Å². The Hall–Kier alpha value is -3.73. The molecule has 0 radical (unpaired) electrons. The third-order valence-corrected chi connectivity index (χ3v) is 5.31. The molecule has 5 nitrogen and oxygen atoms in total. The summed E-state index contributed by atoms with van der Waals surface area (Å²) in [5, 5.41) is 0. The van der Waals surface area contributed by atoms with Crippen molar-refractivity contribution in [2.75, 3.05) is 0 Å². The molecule has 1 aliphatic rings. The molecule has 150 valence electrons. The van der Waals surface area contributed by atoms with E-state index in [0.29, 0.717) is 24.2 Å². The Morgan fingerprint density at radius 3 is 1.57 bits per heavy atom. The molecule has 0 bridgehead atoms. The molecule has 0 N–H and O–H groups in total. The van der Waals surface area contributed by atoms with Crippen molar-refractivity contribution in [2.45, 2.75) is 26.1 Å². The Morgan fingerprint density at radius 1 is 0.733 bits per heavy atom. The molecule has 0 spiro atoms. The molecule has 0 aliphatic carbocycles. The minimum absolute atomic E-state index is 0.266. The fraction of sp³-hybridized carbons (Fsp3) is 0.160. The SMILES string of the molecule is CC(C(=O)N(Cc1ccccc1)Cc1ccccc1)N1C(=O)c2ccccc2C1=O. The Kier molecular flexibility index (Phi) is 5.44. The normalized spacial score (nSPS) is 13.8. The molecule has 0 saturated carbocycles. The fourth-order valence-corrected chi connectivity index (χ4v) is 3.75. The maximum absolute atomic E-state index is 13.5. The summed E-state index contributed by atoms with van der Waals surface area (Å²) in [6.45, 7) is 2.40. The lowest BCUT2D eigenvalue weighted by molar-refractivity contribution is -0.136. The van der Waals surface area contributed by atoms with Gasteiger partial charge in [-0.1, -0.05) is 72.8 Å². The standard InChI is InChI=1S/C25H22N2O3/c1-18(27-24(29)21-14-8-9-15-22(21)25(27)30)23(28)26(16-19-10-4-2-5-11-19)17-20-12-6-3-7-13-20/h2-15,18H,16-17H2,1H3. The highest BCUT2D eigenvalue weighted by atomic mass is 16.2. The number of fused-ring (bicyclic) bond motifs is 1. The molecule has 0 saturated heterocycles. The van der Waals surface area contributed by atoms with Crippen LogP contribution in [0.1, 0.15) is 38.8 Å². The largest absolute Gasteiger partial charge is 0.332 e. The Bertz CT molecular complexity index is 1000. The number of carbonyl (C=O) groups excluding carboxylic acids is 3. The van der Waals surface area contributed by atoms with Gasteiger partial charge >= 0.3 is 0 Å². The third-order valence-electron chi connectivity index (χ3n) is 5.31. The second-order valence-corrected chi connectivity index (χ2v) is 7.37. The second kappa shape index (κ2) is 8.33. The molecule has 3 amide bonds. The van der Waals surface area contributed by atoms with Gasteiger partial charge in [0.25, 0.3) is 11.8 Å². The van der Waals surface area contributed by atoms with E-state index in [1.165, 1.54) is 0 Å². The van der Waals surface area contributed by atoms with Gasteiger partial charge in [-0.25, -0.2) is 0 Å². The molecule has 0 aromatic heterocycles. The summed E-state index contributed by atoms with van der Waals surface area (Å²) < 4.78 is 0. The van der Waals surface area contributed by atoms with Crippen LogP contribution in [0.5, 0.6) is 0 Å². The highest BCUT2D eigenvalue weighted by molar-refractivity contribution is 6.22. The number of nitrogens with zero attached hydrogens (tertiary/aromatic N) is 2. The van der Waals surface area contributed by atoms with Crippen molar-refractivity contribution in [1.82, 2.24) is 9.80 Å². The van der Waals surface area contributed by atoms with Crippen molar-refractivity contribution in [1.29, 1.82) is 0 Å². The minimum atomic E-state index is -0.898. The fourth-order valence-electron chi connectivity index (χ4n) is 3.75. The summed E-state index contributed by atoms with van der Waals surface area (Å²) in [7, 11) is 0. The quantitative estimate of drug-likeness (QED) is 0.592. The first-order chi connectivity index (χ1) is 14.6. The lowest BCUT2D eigenvalue weighted by Crippen LogP contribution is -2.49. The van der Waals surface area contributed by atoms with Crippen LogP contribution in [-0.2, 0) is 17.9 Å².